The summed E-state index contributed by atoms with van der Waals surface area (Å²) in [6.45, 7) is 6.05. The molecule has 0 aliphatic rings. The smallest absolute Gasteiger partial charge is 0.261 e. The zero-order valence-electron chi connectivity index (χ0n) is 20.5. The van der Waals surface area contributed by atoms with Crippen LogP contribution < -0.4 is 10.1 Å². The normalized spacial score (nSPS) is 11.7. The molecule has 1 N–H and O–H groups in total. The highest BCUT2D eigenvalue weighted by Gasteiger charge is 2.31. The molecule has 3 aromatic carbocycles. The molecular formula is C29H33FN2O3. The van der Waals surface area contributed by atoms with E-state index in [-0.39, 0.29) is 30.9 Å². The van der Waals surface area contributed by atoms with Gasteiger partial charge in [-0.15, -0.1) is 0 Å². The summed E-state index contributed by atoms with van der Waals surface area (Å²) in [6, 6.07) is 22.5. The van der Waals surface area contributed by atoms with Crippen LogP contribution in [0, 0.1) is 5.82 Å². The molecule has 0 saturated carbocycles. The van der Waals surface area contributed by atoms with Crippen molar-refractivity contribution in [3.63, 3.8) is 0 Å². The first-order valence-corrected chi connectivity index (χ1v) is 12.0. The number of hydrogen-bond acceptors (Lipinski definition) is 3. The van der Waals surface area contributed by atoms with Crippen LogP contribution in [0.1, 0.15) is 43.4 Å². The summed E-state index contributed by atoms with van der Waals surface area (Å²) in [5.74, 6) is -0.260. The summed E-state index contributed by atoms with van der Waals surface area (Å²) in [4.78, 5) is 28.1. The molecule has 5 nitrogen and oxygen atoms in total. The fourth-order valence-electron chi connectivity index (χ4n) is 3.97. The van der Waals surface area contributed by atoms with Crippen LogP contribution in [0.3, 0.4) is 0 Å². The van der Waals surface area contributed by atoms with Gasteiger partial charge in [-0.2, -0.15) is 0 Å². The number of likely N-dealkylation sites (N-methyl/N-ethyl adjacent to an activating group) is 1. The van der Waals surface area contributed by atoms with Gasteiger partial charge in [0.25, 0.3) is 5.91 Å². The van der Waals surface area contributed by atoms with Crippen LogP contribution in [0.2, 0.25) is 0 Å². The topological polar surface area (TPSA) is 58.6 Å². The lowest BCUT2D eigenvalue weighted by Crippen LogP contribution is -2.51. The summed E-state index contributed by atoms with van der Waals surface area (Å²) in [6.07, 6.45) is 0.301. The fourth-order valence-corrected chi connectivity index (χ4v) is 3.97. The molecule has 0 aliphatic carbocycles. The minimum absolute atomic E-state index is 0.0463. The number of ether oxygens (including phenoxy) is 1. The van der Waals surface area contributed by atoms with Gasteiger partial charge in [0.15, 0.2) is 6.61 Å². The van der Waals surface area contributed by atoms with Crippen LogP contribution >= 0.6 is 0 Å². The number of carbonyl (C=O) groups excluding carboxylic acids is 2. The largest absolute Gasteiger partial charge is 0.483 e. The molecule has 0 saturated heterocycles. The van der Waals surface area contributed by atoms with Gasteiger partial charge in [-0.1, -0.05) is 80.6 Å². The third-order valence-corrected chi connectivity index (χ3v) is 5.81. The van der Waals surface area contributed by atoms with Gasteiger partial charge in [-0.3, -0.25) is 9.59 Å². The predicted octanol–water partition coefficient (Wildman–Crippen LogP) is 5.10. The minimum atomic E-state index is -0.826. The molecule has 3 aromatic rings. The molecule has 0 heterocycles. The Bertz CT molecular complexity index is 1120. The van der Waals surface area contributed by atoms with Gasteiger partial charge in [0.2, 0.25) is 5.91 Å². The predicted molar refractivity (Wildman–Crippen MR) is 136 cm³/mol. The first-order valence-electron chi connectivity index (χ1n) is 12.0. The average molecular weight is 477 g/mol. The van der Waals surface area contributed by atoms with Crippen molar-refractivity contribution in [3.05, 3.63) is 101 Å². The lowest BCUT2D eigenvalue weighted by Gasteiger charge is -2.31. The summed E-state index contributed by atoms with van der Waals surface area (Å²) < 4.78 is 20.5. The van der Waals surface area contributed by atoms with Crippen LogP contribution in [-0.4, -0.2) is 35.9 Å². The van der Waals surface area contributed by atoms with Gasteiger partial charge in [-0.25, -0.2) is 4.39 Å². The van der Waals surface area contributed by atoms with Gasteiger partial charge < -0.3 is 15.0 Å². The van der Waals surface area contributed by atoms with Gasteiger partial charge in [0, 0.05) is 25.1 Å². The Morgan fingerprint density at radius 3 is 2.29 bits per heavy atom. The summed E-state index contributed by atoms with van der Waals surface area (Å²) in [5.41, 5.74) is 2.23. The Morgan fingerprint density at radius 2 is 1.60 bits per heavy atom. The van der Waals surface area contributed by atoms with E-state index in [4.69, 9.17) is 4.74 Å². The van der Waals surface area contributed by atoms with E-state index in [0.29, 0.717) is 24.3 Å². The van der Waals surface area contributed by atoms with Gasteiger partial charge >= 0.3 is 0 Å². The number of para-hydroxylation sites is 1. The first-order chi connectivity index (χ1) is 16.9. The Hall–Kier alpha value is -3.67. The Morgan fingerprint density at radius 1 is 0.943 bits per heavy atom. The van der Waals surface area contributed by atoms with Crippen molar-refractivity contribution in [3.8, 4) is 5.75 Å². The zero-order chi connectivity index (χ0) is 25.2. The SMILES string of the molecule is CCNC(=O)C(Cc1ccccc1)N(Cc1ccccc1F)C(=O)COc1ccccc1C(C)C. The molecule has 184 valence electrons. The third-order valence-electron chi connectivity index (χ3n) is 5.81. The Balaban J connectivity index is 1.92. The van der Waals surface area contributed by atoms with E-state index >= 15 is 0 Å². The van der Waals surface area contributed by atoms with E-state index in [2.05, 4.69) is 19.2 Å². The fraction of sp³-hybridized carbons (Fsp3) is 0.310. The molecule has 0 bridgehead atoms. The molecule has 2 amide bonds. The summed E-state index contributed by atoms with van der Waals surface area (Å²) >= 11 is 0. The van der Waals surface area contributed by atoms with Crippen molar-refractivity contribution in [2.45, 2.75) is 45.7 Å². The maximum atomic E-state index is 14.6. The highest BCUT2D eigenvalue weighted by Crippen LogP contribution is 2.26. The third kappa shape index (κ3) is 7.15. The Labute approximate surface area is 206 Å². The number of amides is 2. The molecule has 0 aromatic heterocycles. The first kappa shape index (κ1) is 25.9. The van der Waals surface area contributed by atoms with E-state index in [1.165, 1.54) is 11.0 Å². The van der Waals surface area contributed by atoms with Crippen molar-refractivity contribution in [1.82, 2.24) is 10.2 Å². The highest BCUT2D eigenvalue weighted by molar-refractivity contribution is 5.88. The molecule has 1 unspecified atom stereocenters. The van der Waals surface area contributed by atoms with Crippen LogP contribution in [-0.2, 0) is 22.6 Å². The lowest BCUT2D eigenvalue weighted by molar-refractivity contribution is -0.142. The molecule has 0 fully saturated rings. The molecule has 6 heteroatoms. The molecule has 35 heavy (non-hydrogen) atoms. The maximum absolute atomic E-state index is 14.6. The second kappa shape index (κ2) is 12.7. The molecule has 1 atom stereocenters. The number of hydrogen-bond donors (Lipinski definition) is 1. The van der Waals surface area contributed by atoms with E-state index in [9.17, 15) is 14.0 Å². The Kier molecular flexibility index (Phi) is 9.41. The number of benzene rings is 3. The minimum Gasteiger partial charge on any atom is -0.483 e. The van der Waals surface area contributed by atoms with E-state index in [1.54, 1.807) is 18.2 Å². The van der Waals surface area contributed by atoms with Crippen LogP contribution in [0.25, 0.3) is 0 Å². The number of nitrogens with one attached hydrogen (secondary N) is 1. The number of nitrogens with zero attached hydrogens (tertiary/aromatic N) is 1. The van der Waals surface area contributed by atoms with Crippen molar-refractivity contribution in [1.29, 1.82) is 0 Å². The monoisotopic (exact) mass is 476 g/mol. The molecule has 0 spiro atoms. The average Bonchev–Trinajstić information content (AvgIpc) is 2.86. The second-order valence-corrected chi connectivity index (χ2v) is 8.69. The molecular weight excluding hydrogens is 443 g/mol. The van der Waals surface area contributed by atoms with E-state index in [1.807, 2.05) is 61.5 Å². The standard InChI is InChI=1S/C29H33FN2O3/c1-4-31-29(34)26(18-22-12-6-5-7-13-22)32(19-23-14-8-10-16-25(23)30)28(33)20-35-27-17-11-9-15-24(27)21(2)3/h5-17,21,26H,4,18-20H2,1-3H3,(H,31,34). The molecule has 0 aliphatic heterocycles. The van der Waals surface area contributed by atoms with Gasteiger partial charge in [0.05, 0.1) is 0 Å². The van der Waals surface area contributed by atoms with Gasteiger partial charge in [-0.05, 0) is 36.1 Å². The lowest BCUT2D eigenvalue weighted by atomic mass is 10.0. The summed E-state index contributed by atoms with van der Waals surface area (Å²) in [5, 5.41) is 2.83. The van der Waals surface area contributed by atoms with Gasteiger partial charge in [0.1, 0.15) is 17.6 Å². The maximum Gasteiger partial charge on any atom is 0.261 e. The van der Waals surface area contributed by atoms with E-state index in [0.717, 1.165) is 11.1 Å². The van der Waals surface area contributed by atoms with Crippen molar-refractivity contribution >= 4 is 11.8 Å². The van der Waals surface area contributed by atoms with Crippen LogP contribution in [0.5, 0.6) is 5.75 Å². The molecule has 3 rings (SSSR count). The number of halogens is 1. The highest BCUT2D eigenvalue weighted by atomic mass is 19.1. The quantitative estimate of drug-likeness (QED) is 0.419. The zero-order valence-corrected chi connectivity index (χ0v) is 20.5. The second-order valence-electron chi connectivity index (χ2n) is 8.69. The molecule has 0 radical (unpaired) electrons. The summed E-state index contributed by atoms with van der Waals surface area (Å²) in [7, 11) is 0. The van der Waals surface area contributed by atoms with Crippen molar-refractivity contribution in [2.24, 2.45) is 0 Å². The number of carbonyl (C=O) groups is 2. The van der Waals surface area contributed by atoms with Crippen LogP contribution in [0.15, 0.2) is 78.9 Å². The van der Waals surface area contributed by atoms with Crippen LogP contribution in [0.4, 0.5) is 4.39 Å². The van der Waals surface area contributed by atoms with E-state index < -0.39 is 11.9 Å². The van der Waals surface area contributed by atoms with Crippen molar-refractivity contribution < 1.29 is 18.7 Å². The van der Waals surface area contributed by atoms with Crippen molar-refractivity contribution in [2.75, 3.05) is 13.2 Å². The number of rotatable bonds is 11.